The monoisotopic (exact) mass is 479 g/mol. The van der Waals surface area contributed by atoms with Gasteiger partial charge in [-0.15, -0.1) is 0 Å². The van der Waals surface area contributed by atoms with Gasteiger partial charge in [0.1, 0.15) is 5.82 Å². The van der Waals surface area contributed by atoms with E-state index in [9.17, 15) is 0 Å². The lowest BCUT2D eigenvalue weighted by Crippen LogP contribution is -2.21. The summed E-state index contributed by atoms with van der Waals surface area (Å²) in [5.74, 6) is 3.38. The van der Waals surface area contributed by atoms with Crippen molar-refractivity contribution < 1.29 is 0 Å². The van der Waals surface area contributed by atoms with E-state index >= 15 is 0 Å². The number of hydrogen-bond donors (Lipinski definition) is 2. The first kappa shape index (κ1) is 26.3. The van der Waals surface area contributed by atoms with Crippen LogP contribution in [0.4, 0.5) is 11.8 Å². The molecule has 1 aliphatic rings. The summed E-state index contributed by atoms with van der Waals surface area (Å²) in [6.45, 7) is 9.78. The molecule has 3 aromatic rings. The number of anilines is 2. The van der Waals surface area contributed by atoms with Gasteiger partial charge in [0.15, 0.2) is 0 Å². The van der Waals surface area contributed by atoms with Crippen molar-refractivity contribution in [3.63, 3.8) is 0 Å². The lowest BCUT2D eigenvalue weighted by atomic mass is 9.83. The number of aromatic nitrogens is 2. The number of nitrogens with zero attached hydrogens (tertiary/aromatic N) is 3. The van der Waals surface area contributed by atoms with Crippen molar-refractivity contribution in [2.45, 2.75) is 58.3 Å². The van der Waals surface area contributed by atoms with Gasteiger partial charge in [0.2, 0.25) is 5.95 Å². The van der Waals surface area contributed by atoms with Gasteiger partial charge < -0.3 is 10.2 Å². The summed E-state index contributed by atoms with van der Waals surface area (Å²) in [6.07, 6.45) is 5.35. The molecule has 1 fully saturated rings. The third kappa shape index (κ3) is 7.09. The Bertz CT molecular complexity index is 1050. The molecule has 4 rings (SSSR count). The second kappa shape index (κ2) is 12.4. The molecular formula is C28H41N5S. The molecule has 1 aromatic heterocycles. The third-order valence-corrected chi connectivity index (χ3v) is 7.55. The van der Waals surface area contributed by atoms with Crippen molar-refractivity contribution in [3.8, 4) is 0 Å². The van der Waals surface area contributed by atoms with E-state index in [0.717, 1.165) is 41.0 Å². The van der Waals surface area contributed by atoms with Gasteiger partial charge in [0.05, 0.1) is 5.52 Å². The number of aryl methyl sites for hydroxylation is 3. The molecule has 0 spiro atoms. The average molecular weight is 480 g/mol. The Morgan fingerprint density at radius 3 is 2.24 bits per heavy atom. The number of benzene rings is 2. The summed E-state index contributed by atoms with van der Waals surface area (Å²) < 4.78 is 3.10. The Hall–Kier alpha value is -2.31. The fraction of sp³-hybridized carbons (Fsp3) is 0.500. The number of hydrogen-bond acceptors (Lipinski definition) is 6. The van der Waals surface area contributed by atoms with E-state index in [2.05, 4.69) is 71.9 Å². The molecule has 1 saturated carbocycles. The number of fused-ring (bicyclic) bond motifs is 1. The van der Waals surface area contributed by atoms with Gasteiger partial charge >= 0.3 is 0 Å². The Kier molecular flexibility index (Phi) is 9.60. The first-order chi connectivity index (χ1) is 16.3. The van der Waals surface area contributed by atoms with Gasteiger partial charge in [-0.1, -0.05) is 49.6 Å². The molecule has 0 radical (unpaired) electrons. The van der Waals surface area contributed by atoms with Crippen LogP contribution in [-0.2, 0) is 0 Å². The highest BCUT2D eigenvalue weighted by atomic mass is 32.2. The molecule has 2 N–H and O–H groups in total. The average Bonchev–Trinajstić information content (AvgIpc) is 2.81. The van der Waals surface area contributed by atoms with Crippen molar-refractivity contribution in [3.05, 3.63) is 53.1 Å². The molecule has 0 unspecified atom stereocenters. The van der Waals surface area contributed by atoms with Crippen LogP contribution in [-0.4, -0.2) is 37.7 Å². The van der Waals surface area contributed by atoms with E-state index in [0.29, 0.717) is 0 Å². The predicted octanol–water partition coefficient (Wildman–Crippen LogP) is 6.77. The molecule has 6 heteroatoms. The minimum absolute atomic E-state index is 0.751. The second-order valence-electron chi connectivity index (χ2n) is 9.82. The maximum atomic E-state index is 4.70. The van der Waals surface area contributed by atoms with Crippen molar-refractivity contribution in [1.82, 2.24) is 14.7 Å². The van der Waals surface area contributed by atoms with Crippen molar-refractivity contribution in [1.29, 1.82) is 0 Å². The molecule has 0 bridgehead atoms. The summed E-state index contributed by atoms with van der Waals surface area (Å²) in [4.78, 5) is 12.8. The van der Waals surface area contributed by atoms with E-state index in [1.165, 1.54) is 47.3 Å². The maximum Gasteiger partial charge on any atom is 0.225 e. The molecule has 0 atom stereocenters. The highest BCUT2D eigenvalue weighted by Gasteiger charge is 2.18. The minimum Gasteiger partial charge on any atom is -0.362 e. The van der Waals surface area contributed by atoms with Crippen LogP contribution in [0.2, 0.25) is 0 Å². The summed E-state index contributed by atoms with van der Waals surface area (Å²) >= 11 is 1.69. The molecule has 0 aliphatic heterocycles. The van der Waals surface area contributed by atoms with Crippen LogP contribution in [0.3, 0.4) is 0 Å². The highest BCUT2D eigenvalue weighted by molar-refractivity contribution is 7.97. The number of nitrogens with one attached hydrogen (secondary N) is 2. The largest absolute Gasteiger partial charge is 0.362 e. The Morgan fingerprint density at radius 1 is 0.971 bits per heavy atom. The lowest BCUT2D eigenvalue weighted by molar-refractivity contribution is 0.300. The SMILES string of the molecule is CC1CCC(CNc2nc(N(C)C)c3ccccc3n2)CC1.CNSc1c(C)cc(C)cc1C. The Morgan fingerprint density at radius 2 is 1.62 bits per heavy atom. The van der Waals surface area contributed by atoms with E-state index in [-0.39, 0.29) is 0 Å². The fourth-order valence-corrected chi connectivity index (χ4v) is 5.32. The van der Waals surface area contributed by atoms with Crippen LogP contribution in [0.1, 0.15) is 49.3 Å². The standard InChI is InChI=1S/C18H26N4.C10H15NS/c1-13-8-10-14(11-9-13)12-19-18-20-16-7-5-4-6-15(16)17(21-18)22(2)3;1-7-5-8(2)10(12-11-4)9(3)6-7/h4-7,13-14H,8-12H2,1-3H3,(H,19,20,21);5-6,11H,1-4H3. The zero-order valence-corrected chi connectivity index (χ0v) is 22.7. The van der Waals surface area contributed by atoms with Crippen LogP contribution in [0.15, 0.2) is 41.3 Å². The van der Waals surface area contributed by atoms with Crippen molar-refractivity contribution in [2.75, 3.05) is 37.9 Å². The van der Waals surface area contributed by atoms with Gasteiger partial charge in [-0.05, 0) is 87.7 Å². The fourth-order valence-electron chi connectivity index (χ4n) is 4.68. The molecule has 2 aromatic carbocycles. The van der Waals surface area contributed by atoms with Gasteiger partial charge in [0, 0.05) is 30.9 Å². The van der Waals surface area contributed by atoms with Crippen LogP contribution >= 0.6 is 11.9 Å². The highest BCUT2D eigenvalue weighted by Crippen LogP contribution is 2.29. The van der Waals surface area contributed by atoms with Gasteiger partial charge in [-0.25, -0.2) is 4.98 Å². The first-order valence-corrected chi connectivity index (χ1v) is 13.2. The Balaban J connectivity index is 0.000000229. The van der Waals surface area contributed by atoms with Crippen LogP contribution < -0.4 is 14.9 Å². The van der Waals surface area contributed by atoms with Crippen molar-refractivity contribution in [2.24, 2.45) is 11.8 Å². The third-order valence-electron chi connectivity index (χ3n) is 6.50. The van der Waals surface area contributed by atoms with Gasteiger partial charge in [0.25, 0.3) is 0 Å². The van der Waals surface area contributed by atoms with Gasteiger partial charge in [-0.2, -0.15) is 4.98 Å². The van der Waals surface area contributed by atoms with Crippen LogP contribution in [0.25, 0.3) is 10.9 Å². The second-order valence-corrected chi connectivity index (χ2v) is 10.8. The smallest absolute Gasteiger partial charge is 0.225 e. The summed E-state index contributed by atoms with van der Waals surface area (Å²) in [5, 5.41) is 4.57. The zero-order chi connectivity index (χ0) is 24.7. The summed E-state index contributed by atoms with van der Waals surface area (Å²) in [5.41, 5.74) is 5.05. The van der Waals surface area contributed by atoms with E-state index in [4.69, 9.17) is 4.98 Å². The molecule has 5 nitrogen and oxygen atoms in total. The van der Waals surface area contributed by atoms with E-state index < -0.39 is 0 Å². The van der Waals surface area contributed by atoms with E-state index in [1.54, 1.807) is 11.9 Å². The Labute approximate surface area is 210 Å². The summed E-state index contributed by atoms with van der Waals surface area (Å²) in [7, 11) is 6.01. The molecule has 34 heavy (non-hydrogen) atoms. The van der Waals surface area contributed by atoms with Gasteiger partial charge in [-0.3, -0.25) is 4.72 Å². The first-order valence-electron chi connectivity index (χ1n) is 12.4. The van der Waals surface area contributed by atoms with Crippen molar-refractivity contribution >= 4 is 34.6 Å². The predicted molar refractivity (Wildman–Crippen MR) is 149 cm³/mol. The molecule has 0 saturated heterocycles. The normalized spacial score (nSPS) is 17.7. The number of para-hydroxylation sites is 1. The quantitative estimate of drug-likeness (QED) is 0.380. The lowest BCUT2D eigenvalue weighted by Gasteiger charge is -2.26. The van der Waals surface area contributed by atoms with E-state index in [1.807, 2.05) is 33.3 Å². The minimum atomic E-state index is 0.751. The zero-order valence-electron chi connectivity index (χ0n) is 21.9. The number of rotatable bonds is 6. The molecular weight excluding hydrogens is 438 g/mol. The van der Waals surface area contributed by atoms with Crippen LogP contribution in [0, 0.1) is 32.6 Å². The summed E-state index contributed by atoms with van der Waals surface area (Å²) in [6, 6.07) is 12.6. The molecule has 0 amide bonds. The molecule has 184 valence electrons. The molecule has 1 heterocycles. The van der Waals surface area contributed by atoms with Crippen LogP contribution in [0.5, 0.6) is 0 Å². The maximum absolute atomic E-state index is 4.70. The molecule has 1 aliphatic carbocycles. The topological polar surface area (TPSA) is 53.1 Å².